The zero-order valence-corrected chi connectivity index (χ0v) is 11.1. The van der Waals surface area contributed by atoms with E-state index in [1.807, 2.05) is 6.92 Å². The number of aryl methyl sites for hydroxylation is 1. The van der Waals surface area contributed by atoms with Crippen molar-refractivity contribution in [1.82, 2.24) is 9.97 Å². The number of nitrogens with zero attached hydrogens (tertiary/aromatic N) is 2. The van der Waals surface area contributed by atoms with Crippen LogP contribution in [0.25, 0.3) is 0 Å². The van der Waals surface area contributed by atoms with Crippen LogP contribution in [0.2, 0.25) is 0 Å². The standard InChI is InChI=1S/C11H11BrFN5/c1-6-5-15-11(18-14)17-10(6)16-9-7(12)3-2-4-8(9)13/h2-5H,14H2,1H3,(H2,15,16,17,18). The molecule has 0 aliphatic carbocycles. The van der Waals surface area contributed by atoms with Crippen LogP contribution in [0.15, 0.2) is 28.9 Å². The summed E-state index contributed by atoms with van der Waals surface area (Å²) in [6.07, 6.45) is 1.60. The van der Waals surface area contributed by atoms with Crippen LogP contribution in [0.1, 0.15) is 5.56 Å². The van der Waals surface area contributed by atoms with E-state index in [0.717, 1.165) is 5.56 Å². The lowest BCUT2D eigenvalue weighted by Gasteiger charge is -2.11. The van der Waals surface area contributed by atoms with Crippen LogP contribution < -0.4 is 16.6 Å². The van der Waals surface area contributed by atoms with E-state index in [4.69, 9.17) is 5.84 Å². The number of nitrogens with one attached hydrogen (secondary N) is 2. The number of para-hydroxylation sites is 1. The lowest BCUT2D eigenvalue weighted by atomic mass is 10.3. The molecule has 2 aromatic rings. The van der Waals surface area contributed by atoms with Crippen LogP contribution in [-0.4, -0.2) is 9.97 Å². The number of nitrogen functional groups attached to an aromatic ring is 1. The smallest absolute Gasteiger partial charge is 0.239 e. The largest absolute Gasteiger partial charge is 0.337 e. The lowest BCUT2D eigenvalue weighted by molar-refractivity contribution is 0.631. The Morgan fingerprint density at radius 3 is 2.83 bits per heavy atom. The van der Waals surface area contributed by atoms with E-state index in [1.165, 1.54) is 6.07 Å². The minimum Gasteiger partial charge on any atom is -0.337 e. The summed E-state index contributed by atoms with van der Waals surface area (Å²) in [5.74, 6) is 5.61. The van der Waals surface area contributed by atoms with Crippen LogP contribution in [0.5, 0.6) is 0 Å². The molecule has 94 valence electrons. The molecule has 0 aliphatic rings. The molecule has 1 heterocycles. The molecule has 0 aliphatic heterocycles. The van der Waals surface area contributed by atoms with Gasteiger partial charge in [-0.05, 0) is 35.0 Å². The Hall–Kier alpha value is -1.73. The van der Waals surface area contributed by atoms with Crippen LogP contribution in [0, 0.1) is 12.7 Å². The molecule has 0 spiro atoms. The average molecular weight is 312 g/mol. The predicted molar refractivity (Wildman–Crippen MR) is 72.0 cm³/mol. The Labute approximate surface area is 112 Å². The van der Waals surface area contributed by atoms with Gasteiger partial charge in [0.05, 0.1) is 5.69 Å². The van der Waals surface area contributed by atoms with Crippen molar-refractivity contribution in [1.29, 1.82) is 0 Å². The quantitative estimate of drug-likeness (QED) is 0.600. The number of rotatable bonds is 3. The van der Waals surface area contributed by atoms with Gasteiger partial charge in [0.15, 0.2) is 0 Å². The predicted octanol–water partition coefficient (Wildman–Crippen LogP) is 2.72. The molecule has 0 radical (unpaired) electrons. The third-order valence-electron chi connectivity index (χ3n) is 2.31. The van der Waals surface area contributed by atoms with E-state index in [-0.39, 0.29) is 11.8 Å². The number of hydrogen-bond donors (Lipinski definition) is 3. The zero-order valence-electron chi connectivity index (χ0n) is 9.54. The van der Waals surface area contributed by atoms with E-state index in [2.05, 4.69) is 36.6 Å². The van der Waals surface area contributed by atoms with E-state index in [1.54, 1.807) is 18.3 Å². The lowest BCUT2D eigenvalue weighted by Crippen LogP contribution is -2.12. The van der Waals surface area contributed by atoms with Crippen molar-refractivity contribution >= 4 is 33.4 Å². The second kappa shape index (κ2) is 5.28. The third-order valence-corrected chi connectivity index (χ3v) is 2.97. The Morgan fingerprint density at radius 2 is 2.17 bits per heavy atom. The first-order chi connectivity index (χ1) is 8.61. The highest BCUT2D eigenvalue weighted by Gasteiger charge is 2.10. The maximum Gasteiger partial charge on any atom is 0.239 e. The summed E-state index contributed by atoms with van der Waals surface area (Å²) in [6.45, 7) is 1.82. The molecule has 0 saturated heterocycles. The van der Waals surface area contributed by atoms with Crippen molar-refractivity contribution in [2.24, 2.45) is 5.84 Å². The highest BCUT2D eigenvalue weighted by atomic mass is 79.9. The molecule has 0 fully saturated rings. The minimum absolute atomic E-state index is 0.260. The van der Waals surface area contributed by atoms with Crippen molar-refractivity contribution in [3.05, 3.63) is 40.2 Å². The Balaban J connectivity index is 2.39. The van der Waals surface area contributed by atoms with Crippen LogP contribution in [0.3, 0.4) is 0 Å². The maximum absolute atomic E-state index is 13.7. The molecule has 4 N–H and O–H groups in total. The van der Waals surface area contributed by atoms with Crippen LogP contribution in [0.4, 0.5) is 21.8 Å². The number of anilines is 3. The molecule has 1 aromatic carbocycles. The number of benzene rings is 1. The summed E-state index contributed by atoms with van der Waals surface area (Å²) in [5.41, 5.74) is 3.45. The summed E-state index contributed by atoms with van der Waals surface area (Å²) in [6, 6.07) is 4.72. The van der Waals surface area contributed by atoms with E-state index < -0.39 is 0 Å². The van der Waals surface area contributed by atoms with Gasteiger partial charge in [0, 0.05) is 16.2 Å². The van der Waals surface area contributed by atoms with Crippen molar-refractivity contribution in [2.45, 2.75) is 6.92 Å². The molecule has 7 heteroatoms. The normalized spacial score (nSPS) is 10.2. The van der Waals surface area contributed by atoms with Gasteiger partial charge < -0.3 is 5.32 Å². The van der Waals surface area contributed by atoms with Gasteiger partial charge in [-0.1, -0.05) is 6.07 Å². The third kappa shape index (κ3) is 2.57. The monoisotopic (exact) mass is 311 g/mol. The second-order valence-corrected chi connectivity index (χ2v) is 4.45. The Morgan fingerprint density at radius 1 is 1.39 bits per heavy atom. The van der Waals surface area contributed by atoms with Gasteiger partial charge in [0.2, 0.25) is 5.95 Å². The summed E-state index contributed by atoms with van der Waals surface area (Å²) < 4.78 is 14.3. The molecule has 0 amide bonds. The maximum atomic E-state index is 13.7. The van der Waals surface area contributed by atoms with Gasteiger partial charge in [0.25, 0.3) is 0 Å². The SMILES string of the molecule is Cc1cnc(NN)nc1Nc1c(F)cccc1Br. The first kappa shape index (κ1) is 12.7. The van der Waals surface area contributed by atoms with Gasteiger partial charge in [-0.3, -0.25) is 5.43 Å². The van der Waals surface area contributed by atoms with Gasteiger partial charge in [-0.2, -0.15) is 4.98 Å². The highest BCUT2D eigenvalue weighted by molar-refractivity contribution is 9.10. The Bertz CT molecular complexity index is 555. The minimum atomic E-state index is -0.371. The zero-order chi connectivity index (χ0) is 13.1. The first-order valence-corrected chi connectivity index (χ1v) is 5.92. The molecule has 0 bridgehead atoms. The molecule has 0 atom stereocenters. The summed E-state index contributed by atoms with van der Waals surface area (Å²) in [4.78, 5) is 8.07. The topological polar surface area (TPSA) is 75.9 Å². The molecule has 1 aromatic heterocycles. The molecule has 0 unspecified atom stereocenters. The molecule has 2 rings (SSSR count). The van der Waals surface area contributed by atoms with Gasteiger partial charge in [-0.25, -0.2) is 15.2 Å². The van der Waals surface area contributed by atoms with E-state index >= 15 is 0 Å². The first-order valence-electron chi connectivity index (χ1n) is 5.13. The number of hydrogen-bond acceptors (Lipinski definition) is 5. The molecule has 18 heavy (non-hydrogen) atoms. The Kier molecular flexibility index (Phi) is 3.73. The highest BCUT2D eigenvalue weighted by Crippen LogP contribution is 2.29. The fraction of sp³-hybridized carbons (Fsp3) is 0.0909. The number of nitrogens with two attached hydrogens (primary N) is 1. The molecule has 0 saturated carbocycles. The van der Waals surface area contributed by atoms with Gasteiger partial charge >= 0.3 is 0 Å². The molecular weight excluding hydrogens is 301 g/mol. The van der Waals surface area contributed by atoms with E-state index in [9.17, 15) is 4.39 Å². The molecular formula is C11H11BrFN5. The number of aromatic nitrogens is 2. The van der Waals surface area contributed by atoms with Crippen molar-refractivity contribution in [3.8, 4) is 0 Å². The van der Waals surface area contributed by atoms with Crippen LogP contribution in [-0.2, 0) is 0 Å². The van der Waals surface area contributed by atoms with Crippen molar-refractivity contribution in [3.63, 3.8) is 0 Å². The number of halogens is 2. The van der Waals surface area contributed by atoms with Gasteiger partial charge in [0.1, 0.15) is 11.6 Å². The van der Waals surface area contributed by atoms with Crippen molar-refractivity contribution < 1.29 is 4.39 Å². The fourth-order valence-electron chi connectivity index (χ4n) is 1.37. The number of hydrazine groups is 1. The average Bonchev–Trinajstić information content (AvgIpc) is 2.36. The second-order valence-electron chi connectivity index (χ2n) is 3.59. The van der Waals surface area contributed by atoms with Gasteiger partial charge in [-0.15, -0.1) is 0 Å². The summed E-state index contributed by atoms with van der Waals surface area (Å²) in [7, 11) is 0. The molecule has 5 nitrogen and oxygen atoms in total. The van der Waals surface area contributed by atoms with Crippen LogP contribution >= 0.6 is 15.9 Å². The summed E-state index contributed by atoms with van der Waals surface area (Å²) in [5, 5.41) is 2.91. The fourth-order valence-corrected chi connectivity index (χ4v) is 1.81. The van der Waals surface area contributed by atoms with Crippen molar-refractivity contribution in [2.75, 3.05) is 10.7 Å². The summed E-state index contributed by atoms with van der Waals surface area (Å²) >= 11 is 3.28. The van der Waals surface area contributed by atoms with E-state index in [0.29, 0.717) is 16.0 Å².